The first-order valence-electron chi connectivity index (χ1n) is 23.4. The lowest BCUT2D eigenvalue weighted by Crippen LogP contribution is -2.27. The molecule has 1 aliphatic rings. The SMILES string of the molecule is CCOc1c2cc(C)cc1CN(Cc1ccccc1OC)Cc1cc(C)cc(c1OCC)CN(Cc1ccccc1OC)Cc1cc(C)cc(c1OCC)CN(Cc1ccccc1OC)C2. The molecule has 0 saturated carbocycles. The Morgan fingerprint density at radius 2 is 0.591 bits per heavy atom. The van der Waals surface area contributed by atoms with Crippen LogP contribution in [0, 0.1) is 20.8 Å². The van der Waals surface area contributed by atoms with Crippen LogP contribution in [0.25, 0.3) is 0 Å². The Balaban J connectivity index is 1.46. The van der Waals surface area contributed by atoms with Crippen LogP contribution in [0.4, 0.5) is 0 Å². The minimum atomic E-state index is 0.541. The molecule has 0 saturated heterocycles. The van der Waals surface area contributed by atoms with E-state index in [9.17, 15) is 0 Å². The molecule has 0 atom stereocenters. The molecule has 6 aromatic carbocycles. The first-order chi connectivity index (χ1) is 32.1. The van der Waals surface area contributed by atoms with Crippen molar-refractivity contribution in [2.75, 3.05) is 41.2 Å². The molecule has 0 amide bonds. The number of rotatable bonds is 15. The highest BCUT2D eigenvalue weighted by molar-refractivity contribution is 5.49. The molecule has 0 fully saturated rings. The number of benzene rings is 6. The Morgan fingerprint density at radius 3 is 0.803 bits per heavy atom. The van der Waals surface area contributed by atoms with Crippen LogP contribution >= 0.6 is 0 Å². The molecule has 66 heavy (non-hydrogen) atoms. The second-order valence-corrected chi connectivity index (χ2v) is 17.4. The standard InChI is InChI=1S/C57H69N3O6/c1-10-64-55-46-25-40(4)26-47(55)35-59(32-44-20-14-17-23-53(44)62-8)37-49-28-42(6)30-51(57(49)66-12-3)39-60(33-45-21-15-18-24-54(45)63-9)38-50-29-41(5)27-48(56(50)65-11-2)36-58(34-46)31-43-19-13-16-22-52(43)61-7/h13-30H,10-12,31-39H2,1-9H3. The zero-order chi connectivity index (χ0) is 46.6. The molecule has 348 valence electrons. The van der Waals surface area contributed by atoms with Crippen molar-refractivity contribution in [1.29, 1.82) is 0 Å². The van der Waals surface area contributed by atoms with Crippen molar-refractivity contribution in [2.24, 2.45) is 0 Å². The quantitative estimate of drug-likeness (QED) is 0.100. The molecule has 9 heteroatoms. The summed E-state index contributed by atoms with van der Waals surface area (Å²) in [5.41, 5.74) is 13.7. The van der Waals surface area contributed by atoms with Gasteiger partial charge in [0.1, 0.15) is 34.5 Å². The van der Waals surface area contributed by atoms with Crippen LogP contribution < -0.4 is 28.4 Å². The van der Waals surface area contributed by atoms with E-state index in [-0.39, 0.29) is 0 Å². The van der Waals surface area contributed by atoms with Crippen LogP contribution in [0.1, 0.15) is 87.5 Å². The fourth-order valence-corrected chi connectivity index (χ4v) is 9.65. The van der Waals surface area contributed by atoms with Gasteiger partial charge < -0.3 is 28.4 Å². The number of methoxy groups -OCH3 is 3. The van der Waals surface area contributed by atoms with E-state index in [1.807, 2.05) is 36.4 Å². The van der Waals surface area contributed by atoms with Crippen molar-refractivity contribution in [1.82, 2.24) is 14.7 Å². The summed E-state index contributed by atoms with van der Waals surface area (Å²) in [6.07, 6.45) is 0. The van der Waals surface area contributed by atoms with E-state index < -0.39 is 0 Å². The van der Waals surface area contributed by atoms with E-state index in [1.54, 1.807) is 21.3 Å². The number of ether oxygens (including phenoxy) is 6. The largest absolute Gasteiger partial charge is 0.496 e. The van der Waals surface area contributed by atoms with E-state index >= 15 is 0 Å². The smallest absolute Gasteiger partial charge is 0.128 e. The highest BCUT2D eigenvalue weighted by Gasteiger charge is 2.25. The van der Waals surface area contributed by atoms with E-state index in [2.05, 4.69) is 129 Å². The van der Waals surface area contributed by atoms with Crippen LogP contribution in [0.3, 0.4) is 0 Å². The fraction of sp³-hybridized carbons (Fsp3) is 0.368. The number of fused-ring (bicyclic) bond motifs is 6. The zero-order valence-electron chi connectivity index (χ0n) is 40.7. The summed E-state index contributed by atoms with van der Waals surface area (Å²) in [7, 11) is 5.25. The maximum Gasteiger partial charge on any atom is 0.128 e. The summed E-state index contributed by atoms with van der Waals surface area (Å²) in [5.74, 6) is 5.38. The van der Waals surface area contributed by atoms with Gasteiger partial charge in [-0.1, -0.05) is 108 Å². The molecule has 0 N–H and O–H groups in total. The summed E-state index contributed by atoms with van der Waals surface area (Å²) >= 11 is 0. The minimum Gasteiger partial charge on any atom is -0.496 e. The number of hydrogen-bond donors (Lipinski definition) is 0. The van der Waals surface area contributed by atoms with Crippen molar-refractivity contribution in [3.05, 3.63) is 176 Å². The van der Waals surface area contributed by atoms with Crippen molar-refractivity contribution >= 4 is 0 Å². The molecule has 1 aliphatic heterocycles. The van der Waals surface area contributed by atoms with Gasteiger partial charge in [0.2, 0.25) is 0 Å². The molecule has 0 unspecified atom stereocenters. The second kappa shape index (κ2) is 22.9. The minimum absolute atomic E-state index is 0.541. The highest BCUT2D eigenvalue weighted by atomic mass is 16.5. The summed E-state index contributed by atoms with van der Waals surface area (Å²) in [6, 6.07) is 38.8. The first kappa shape index (κ1) is 47.9. The molecule has 1 heterocycles. The summed E-state index contributed by atoms with van der Waals surface area (Å²) in [5, 5.41) is 0. The molecule has 7 rings (SSSR count). The van der Waals surface area contributed by atoms with E-state index in [0.29, 0.717) is 78.7 Å². The van der Waals surface area contributed by atoms with Gasteiger partial charge in [-0.2, -0.15) is 0 Å². The predicted molar refractivity (Wildman–Crippen MR) is 265 cm³/mol. The Bertz CT molecular complexity index is 2200. The highest BCUT2D eigenvalue weighted by Crippen LogP contribution is 2.37. The molecular formula is C57H69N3O6. The molecule has 9 nitrogen and oxygen atoms in total. The Labute approximate surface area is 393 Å². The maximum absolute atomic E-state index is 6.75. The van der Waals surface area contributed by atoms with Crippen LogP contribution in [-0.4, -0.2) is 55.8 Å². The third-order valence-electron chi connectivity index (χ3n) is 12.2. The molecule has 0 spiro atoms. The van der Waals surface area contributed by atoms with E-state index in [4.69, 9.17) is 28.4 Å². The number of para-hydroxylation sites is 3. The van der Waals surface area contributed by atoms with Gasteiger partial charge in [-0.15, -0.1) is 0 Å². The van der Waals surface area contributed by atoms with Crippen molar-refractivity contribution in [3.8, 4) is 34.5 Å². The zero-order valence-corrected chi connectivity index (χ0v) is 40.7. The Morgan fingerprint density at radius 1 is 0.364 bits per heavy atom. The Hall–Kier alpha value is -6.00. The average Bonchev–Trinajstić information content (AvgIpc) is 3.29. The predicted octanol–water partition coefficient (Wildman–Crippen LogP) is 11.8. The first-order valence-corrected chi connectivity index (χ1v) is 23.4. The van der Waals surface area contributed by atoms with Crippen LogP contribution in [0.15, 0.2) is 109 Å². The summed E-state index contributed by atoms with van der Waals surface area (Å²) in [6.45, 7) is 20.2. The molecular weight excluding hydrogens is 823 g/mol. The number of hydrogen-bond acceptors (Lipinski definition) is 9. The van der Waals surface area contributed by atoms with Gasteiger partial charge in [0.15, 0.2) is 0 Å². The van der Waals surface area contributed by atoms with E-state index in [1.165, 1.54) is 16.7 Å². The lowest BCUT2D eigenvalue weighted by molar-refractivity contribution is 0.215. The van der Waals surface area contributed by atoms with Gasteiger partial charge in [-0.05, 0) is 59.7 Å². The van der Waals surface area contributed by atoms with Gasteiger partial charge >= 0.3 is 0 Å². The normalized spacial score (nSPS) is 14.0. The van der Waals surface area contributed by atoms with Gasteiger partial charge in [0, 0.05) is 109 Å². The Kier molecular flexibility index (Phi) is 16.7. The van der Waals surface area contributed by atoms with Crippen LogP contribution in [-0.2, 0) is 58.9 Å². The molecule has 0 aliphatic carbocycles. The summed E-state index contributed by atoms with van der Waals surface area (Å²) < 4.78 is 38.1. The molecule has 0 radical (unpaired) electrons. The molecule has 0 aromatic heterocycles. The monoisotopic (exact) mass is 892 g/mol. The number of nitrogens with zero attached hydrogens (tertiary/aromatic N) is 3. The van der Waals surface area contributed by atoms with Crippen molar-refractivity contribution in [2.45, 2.75) is 100 Å². The lowest BCUT2D eigenvalue weighted by Gasteiger charge is -2.31. The topological polar surface area (TPSA) is 65.1 Å². The van der Waals surface area contributed by atoms with Crippen molar-refractivity contribution < 1.29 is 28.4 Å². The molecule has 6 aromatic rings. The van der Waals surface area contributed by atoms with Crippen LogP contribution in [0.2, 0.25) is 0 Å². The van der Waals surface area contributed by atoms with Gasteiger partial charge in [-0.25, -0.2) is 0 Å². The maximum atomic E-state index is 6.75. The molecule has 6 bridgehead atoms. The summed E-state index contributed by atoms with van der Waals surface area (Å²) in [4.78, 5) is 7.51. The third-order valence-corrected chi connectivity index (χ3v) is 12.2. The second-order valence-electron chi connectivity index (χ2n) is 17.4. The van der Waals surface area contributed by atoms with Gasteiger partial charge in [0.05, 0.1) is 41.2 Å². The number of aryl methyl sites for hydroxylation is 3. The van der Waals surface area contributed by atoms with Crippen molar-refractivity contribution in [3.63, 3.8) is 0 Å². The van der Waals surface area contributed by atoms with E-state index in [0.717, 1.165) is 84.6 Å². The van der Waals surface area contributed by atoms with Crippen LogP contribution in [0.5, 0.6) is 34.5 Å². The third kappa shape index (κ3) is 11.9. The lowest BCUT2D eigenvalue weighted by atomic mass is 9.99. The average molecular weight is 892 g/mol. The van der Waals surface area contributed by atoms with Gasteiger partial charge in [0.25, 0.3) is 0 Å². The fourth-order valence-electron chi connectivity index (χ4n) is 9.65. The van der Waals surface area contributed by atoms with Gasteiger partial charge in [-0.3, -0.25) is 14.7 Å².